The molecule has 1 aromatic heterocycles. The molecule has 1 N–H and O–H groups in total. The summed E-state index contributed by atoms with van der Waals surface area (Å²) in [5, 5.41) is 6.24. The van der Waals surface area contributed by atoms with Crippen molar-refractivity contribution in [2.45, 2.75) is 82.5 Å². The molecule has 2 aromatic carbocycles. The van der Waals surface area contributed by atoms with Crippen molar-refractivity contribution >= 4 is 68.1 Å². The molecule has 10 nitrogen and oxygen atoms in total. The van der Waals surface area contributed by atoms with Crippen LogP contribution in [0.25, 0.3) is 10.1 Å². The van der Waals surface area contributed by atoms with Crippen molar-refractivity contribution in [1.29, 1.82) is 0 Å². The molecule has 4 atom stereocenters. The van der Waals surface area contributed by atoms with Crippen molar-refractivity contribution in [3.8, 4) is 0 Å². The van der Waals surface area contributed by atoms with E-state index in [1.807, 2.05) is 41.5 Å². The molecule has 270 valence electrons. The van der Waals surface area contributed by atoms with Crippen molar-refractivity contribution in [2.75, 3.05) is 45.8 Å². The van der Waals surface area contributed by atoms with E-state index in [-0.39, 0.29) is 60.7 Å². The first-order valence-corrected chi connectivity index (χ1v) is 19.0. The van der Waals surface area contributed by atoms with Crippen LogP contribution in [0.1, 0.15) is 61.4 Å². The number of carbonyl (C=O) groups excluding carboxylic acids is 3. The lowest BCUT2D eigenvalue weighted by Gasteiger charge is -2.40. The normalized spacial score (nSPS) is 24.8. The summed E-state index contributed by atoms with van der Waals surface area (Å²) in [6.45, 7) is 4.04. The Bertz CT molecular complexity index is 1670. The summed E-state index contributed by atoms with van der Waals surface area (Å²) in [7, 11) is 3.38. The van der Waals surface area contributed by atoms with Gasteiger partial charge in [-0.05, 0) is 69.2 Å². The molecule has 13 heteroatoms. The van der Waals surface area contributed by atoms with Gasteiger partial charge in [0.25, 0.3) is 5.91 Å². The second-order valence-corrected chi connectivity index (χ2v) is 15.0. The molecular formula is C37H45Cl2N3O7S. The van der Waals surface area contributed by atoms with Gasteiger partial charge in [0.2, 0.25) is 5.91 Å². The third-order valence-corrected chi connectivity index (χ3v) is 11.9. The van der Waals surface area contributed by atoms with Gasteiger partial charge < -0.3 is 29.2 Å². The molecule has 0 bridgehead atoms. The van der Waals surface area contributed by atoms with Crippen molar-refractivity contribution in [2.24, 2.45) is 5.92 Å². The summed E-state index contributed by atoms with van der Waals surface area (Å²) in [4.78, 5) is 43.8. The van der Waals surface area contributed by atoms with Crippen LogP contribution in [0, 0.1) is 5.92 Å². The Hall–Kier alpha value is -2.77. The minimum absolute atomic E-state index is 0.0473. The number of carbonyl (C=O) groups is 3. The van der Waals surface area contributed by atoms with E-state index in [0.29, 0.717) is 65.9 Å². The first-order valence-electron chi connectivity index (χ1n) is 17.4. The fourth-order valence-electron chi connectivity index (χ4n) is 7.57. The fraction of sp³-hybridized carbons (Fsp3) is 0.541. The number of benzene rings is 2. The lowest BCUT2D eigenvalue weighted by molar-refractivity contribution is -0.160. The SMILES string of the molecule is CCOC(=O)[C@H]1CC[C@H](OC([C@@H]2CCCN2C(=O)Cc2cc(Cl)c(NC(=O)c3csc4ccccc34)cc2Cl)N2C[C@H](OC)[C@H](OC)C2)CC1. The van der Waals surface area contributed by atoms with Gasteiger partial charge in [-0.15, -0.1) is 11.3 Å². The van der Waals surface area contributed by atoms with Crippen LogP contribution in [-0.2, 0) is 35.0 Å². The van der Waals surface area contributed by atoms with Crippen molar-refractivity contribution in [1.82, 2.24) is 9.80 Å². The molecule has 3 fully saturated rings. The number of anilines is 1. The van der Waals surface area contributed by atoms with Crippen LogP contribution in [0.15, 0.2) is 41.8 Å². The summed E-state index contributed by atoms with van der Waals surface area (Å²) < 4.78 is 24.7. The number of hydrogen-bond donors (Lipinski definition) is 1. The number of halogens is 2. The Morgan fingerprint density at radius 3 is 2.40 bits per heavy atom. The van der Waals surface area contributed by atoms with Crippen LogP contribution in [0.4, 0.5) is 5.69 Å². The standard InChI is InChI=1S/C37H45Cl2N3O7S/c1-4-48-37(45)22-11-13-24(14-12-22)49-36(41-19-31(46-2)32(20-41)47-3)30-9-7-15-42(30)34(43)17-23-16-28(39)29(18-27(23)38)40-35(44)26-21-50-33-10-6-5-8-25(26)33/h5-6,8,10,16,18,21-22,24,30-32,36H,4,7,9,11-15,17,19-20H2,1-3H3,(H,40,44)/t22-,24-,30-,31-,32+,36?/m0/s1. The average Bonchev–Trinajstić information content (AvgIpc) is 3.88. The van der Waals surface area contributed by atoms with E-state index in [9.17, 15) is 14.4 Å². The van der Waals surface area contributed by atoms with E-state index < -0.39 is 0 Å². The monoisotopic (exact) mass is 745 g/mol. The number of nitrogens with one attached hydrogen (secondary N) is 1. The average molecular weight is 747 g/mol. The molecule has 2 saturated heterocycles. The van der Waals surface area contributed by atoms with Crippen molar-refractivity contribution in [3.63, 3.8) is 0 Å². The highest BCUT2D eigenvalue weighted by molar-refractivity contribution is 7.17. The lowest BCUT2D eigenvalue weighted by atomic mass is 9.87. The number of likely N-dealkylation sites (tertiary alicyclic amines) is 2. The zero-order valence-electron chi connectivity index (χ0n) is 28.7. The second-order valence-electron chi connectivity index (χ2n) is 13.3. The van der Waals surface area contributed by atoms with E-state index in [0.717, 1.165) is 35.8 Å². The molecule has 3 heterocycles. The first-order chi connectivity index (χ1) is 24.2. The van der Waals surface area contributed by atoms with Gasteiger partial charge in [0.1, 0.15) is 6.23 Å². The summed E-state index contributed by atoms with van der Waals surface area (Å²) in [5.41, 5.74) is 1.53. The topological polar surface area (TPSA) is 107 Å². The molecule has 3 aromatic rings. The first kappa shape index (κ1) is 37.0. The van der Waals surface area contributed by atoms with Crippen LogP contribution >= 0.6 is 34.5 Å². The summed E-state index contributed by atoms with van der Waals surface area (Å²) in [6, 6.07) is 10.8. The molecule has 6 rings (SSSR count). The van der Waals surface area contributed by atoms with Crippen molar-refractivity contribution < 1.29 is 33.3 Å². The number of fused-ring (bicyclic) bond motifs is 1. The van der Waals surface area contributed by atoms with E-state index in [1.54, 1.807) is 26.4 Å². The van der Waals surface area contributed by atoms with Gasteiger partial charge >= 0.3 is 5.97 Å². The quantitative estimate of drug-likeness (QED) is 0.202. The van der Waals surface area contributed by atoms with Crippen LogP contribution in [0.5, 0.6) is 0 Å². The number of methoxy groups -OCH3 is 2. The number of rotatable bonds is 12. The van der Waals surface area contributed by atoms with E-state index >= 15 is 0 Å². The molecular weight excluding hydrogens is 701 g/mol. The number of amides is 2. The van der Waals surface area contributed by atoms with Gasteiger partial charge in [0.05, 0.1) is 59.6 Å². The fourth-order valence-corrected chi connectivity index (χ4v) is 8.97. The summed E-state index contributed by atoms with van der Waals surface area (Å²) in [6.07, 6.45) is 3.96. The number of thiophene rings is 1. The molecule has 1 unspecified atom stereocenters. The maximum absolute atomic E-state index is 14.0. The van der Waals surface area contributed by atoms with Gasteiger partial charge in [0, 0.05) is 54.3 Å². The van der Waals surface area contributed by atoms with Crippen LogP contribution in [0.3, 0.4) is 0 Å². The summed E-state index contributed by atoms with van der Waals surface area (Å²) >= 11 is 14.9. The molecule has 50 heavy (non-hydrogen) atoms. The van der Waals surface area contributed by atoms with Crippen LogP contribution < -0.4 is 5.32 Å². The summed E-state index contributed by atoms with van der Waals surface area (Å²) in [5.74, 6) is -0.590. The molecule has 2 aliphatic heterocycles. The zero-order valence-corrected chi connectivity index (χ0v) is 31.0. The molecule has 0 spiro atoms. The predicted molar refractivity (Wildman–Crippen MR) is 195 cm³/mol. The number of nitrogens with zero attached hydrogens (tertiary/aromatic N) is 2. The third-order valence-electron chi connectivity index (χ3n) is 10.2. The number of ether oxygens (including phenoxy) is 4. The number of hydrogen-bond acceptors (Lipinski definition) is 9. The Morgan fingerprint density at radius 1 is 0.980 bits per heavy atom. The molecule has 1 aliphatic carbocycles. The third kappa shape index (κ3) is 8.14. The van der Waals surface area contributed by atoms with E-state index in [2.05, 4.69) is 10.2 Å². The van der Waals surface area contributed by atoms with Crippen LogP contribution in [0.2, 0.25) is 10.0 Å². The smallest absolute Gasteiger partial charge is 0.308 e. The minimum atomic E-state index is -0.367. The zero-order chi connectivity index (χ0) is 35.4. The van der Waals surface area contributed by atoms with Gasteiger partial charge in [-0.25, -0.2) is 0 Å². The highest BCUT2D eigenvalue weighted by Gasteiger charge is 2.45. The lowest BCUT2D eigenvalue weighted by Crippen LogP contribution is -2.53. The maximum Gasteiger partial charge on any atom is 0.308 e. The Kier molecular flexibility index (Phi) is 12.4. The van der Waals surface area contributed by atoms with Gasteiger partial charge in [-0.2, -0.15) is 0 Å². The maximum atomic E-state index is 14.0. The second kappa shape index (κ2) is 16.7. The van der Waals surface area contributed by atoms with Gasteiger partial charge in [-0.3, -0.25) is 19.3 Å². The molecule has 2 amide bonds. The van der Waals surface area contributed by atoms with E-state index in [1.165, 1.54) is 11.3 Å². The highest BCUT2D eigenvalue weighted by atomic mass is 35.5. The van der Waals surface area contributed by atoms with Crippen LogP contribution in [-0.4, -0.2) is 98.6 Å². The Morgan fingerprint density at radius 2 is 1.70 bits per heavy atom. The van der Waals surface area contributed by atoms with Gasteiger partial charge in [0.15, 0.2) is 0 Å². The van der Waals surface area contributed by atoms with Gasteiger partial charge in [-0.1, -0.05) is 41.4 Å². The minimum Gasteiger partial charge on any atom is -0.466 e. The van der Waals surface area contributed by atoms with Crippen molar-refractivity contribution in [3.05, 3.63) is 63.0 Å². The molecule has 1 saturated carbocycles. The predicted octanol–water partition coefficient (Wildman–Crippen LogP) is 6.80. The molecule has 3 aliphatic rings. The van der Waals surface area contributed by atoms with E-state index in [4.69, 9.17) is 42.1 Å². The molecule has 0 radical (unpaired) electrons. The largest absolute Gasteiger partial charge is 0.466 e. The highest BCUT2D eigenvalue weighted by Crippen LogP contribution is 2.36. The Balaban J connectivity index is 1.15. The number of esters is 1. The Labute approximate surface area is 307 Å².